The van der Waals surface area contributed by atoms with Crippen molar-refractivity contribution in [1.29, 1.82) is 0 Å². The van der Waals surface area contributed by atoms with E-state index < -0.39 is 21.9 Å². The van der Waals surface area contributed by atoms with Crippen LogP contribution in [0.2, 0.25) is 0 Å². The Kier molecular flexibility index (Phi) is 6.29. The third-order valence-electron chi connectivity index (χ3n) is 3.48. The summed E-state index contributed by atoms with van der Waals surface area (Å²) in [6.45, 7) is 0. The Morgan fingerprint density at radius 1 is 1.24 bits per heavy atom. The van der Waals surface area contributed by atoms with Gasteiger partial charge < -0.3 is 10.4 Å². The van der Waals surface area contributed by atoms with Crippen molar-refractivity contribution in [2.45, 2.75) is 29.5 Å². The summed E-state index contributed by atoms with van der Waals surface area (Å²) in [7, 11) is -3.85. The van der Waals surface area contributed by atoms with Gasteiger partial charge in [0.1, 0.15) is 4.21 Å². The molecule has 1 aromatic carbocycles. The van der Waals surface area contributed by atoms with Gasteiger partial charge in [0.2, 0.25) is 10.0 Å². The van der Waals surface area contributed by atoms with Crippen LogP contribution in [0.4, 0.5) is 0 Å². The number of carbonyl (C=O) groups is 2. The largest absolute Gasteiger partial charge is 0.481 e. The van der Waals surface area contributed by atoms with Gasteiger partial charge in [0.15, 0.2) is 0 Å². The quantitative estimate of drug-likeness (QED) is 0.639. The van der Waals surface area contributed by atoms with E-state index >= 15 is 0 Å². The van der Waals surface area contributed by atoms with Gasteiger partial charge in [0, 0.05) is 17.8 Å². The van der Waals surface area contributed by atoms with Crippen molar-refractivity contribution in [2.75, 3.05) is 0 Å². The summed E-state index contributed by atoms with van der Waals surface area (Å²) in [5.41, 5.74) is 1.15. The van der Waals surface area contributed by atoms with Crippen molar-refractivity contribution >= 4 is 33.2 Å². The molecule has 1 atom stereocenters. The molecule has 1 heterocycles. The molecule has 2 rings (SSSR count). The number of carboxylic acids is 1. The van der Waals surface area contributed by atoms with Gasteiger partial charge in [-0.2, -0.15) is 0 Å². The van der Waals surface area contributed by atoms with E-state index in [1.54, 1.807) is 0 Å². The Balaban J connectivity index is 2.10. The monoisotopic (exact) mass is 382 g/mol. The lowest BCUT2D eigenvalue weighted by Gasteiger charge is -2.18. The molecule has 2 aromatic rings. The molecule has 0 aliphatic heterocycles. The Bertz CT molecular complexity index is 846. The summed E-state index contributed by atoms with van der Waals surface area (Å²) < 4.78 is 22.5. The Morgan fingerprint density at radius 3 is 2.48 bits per heavy atom. The highest BCUT2D eigenvalue weighted by Crippen LogP contribution is 2.19. The number of carbonyl (C=O) groups excluding carboxylic acids is 1. The van der Waals surface area contributed by atoms with Crippen molar-refractivity contribution in [1.82, 2.24) is 5.32 Å². The third kappa shape index (κ3) is 5.96. The first-order valence-electron chi connectivity index (χ1n) is 7.43. The highest BCUT2D eigenvalue weighted by molar-refractivity contribution is 7.91. The molecule has 0 aliphatic carbocycles. The predicted molar refractivity (Wildman–Crippen MR) is 94.0 cm³/mol. The van der Waals surface area contributed by atoms with E-state index in [-0.39, 0.29) is 28.7 Å². The first kappa shape index (κ1) is 19.1. The van der Waals surface area contributed by atoms with E-state index in [4.69, 9.17) is 10.2 Å². The van der Waals surface area contributed by atoms with Crippen molar-refractivity contribution < 1.29 is 23.1 Å². The Labute approximate surface area is 149 Å². The van der Waals surface area contributed by atoms with Gasteiger partial charge in [-0.25, -0.2) is 13.6 Å². The van der Waals surface area contributed by atoms with Crippen LogP contribution in [-0.2, 0) is 21.2 Å². The topological polar surface area (TPSA) is 127 Å². The van der Waals surface area contributed by atoms with Crippen molar-refractivity contribution in [3.63, 3.8) is 0 Å². The third-order valence-corrected chi connectivity index (χ3v) is 5.87. The molecule has 0 radical (unpaired) electrons. The first-order valence-corrected chi connectivity index (χ1v) is 9.86. The number of aliphatic carboxylic acids is 1. The molecule has 0 fully saturated rings. The van der Waals surface area contributed by atoms with Crippen LogP contribution in [0.1, 0.15) is 28.8 Å². The number of rotatable bonds is 8. The molecular formula is C16H18N2O5S2. The lowest BCUT2D eigenvalue weighted by Crippen LogP contribution is -2.36. The van der Waals surface area contributed by atoms with Crippen LogP contribution in [0.5, 0.6) is 0 Å². The number of hydrogen-bond acceptors (Lipinski definition) is 5. The van der Waals surface area contributed by atoms with Crippen LogP contribution in [0.3, 0.4) is 0 Å². The molecule has 1 amide bonds. The number of sulfonamides is 1. The highest BCUT2D eigenvalue weighted by Gasteiger charge is 2.19. The molecule has 0 bridgehead atoms. The van der Waals surface area contributed by atoms with Crippen LogP contribution in [-0.4, -0.2) is 31.4 Å². The molecule has 1 aromatic heterocycles. The molecule has 4 N–H and O–H groups in total. The zero-order valence-electron chi connectivity index (χ0n) is 13.2. The van der Waals surface area contributed by atoms with Crippen LogP contribution in [0.25, 0.3) is 0 Å². The summed E-state index contributed by atoms with van der Waals surface area (Å²) in [5, 5.41) is 18.1. The van der Waals surface area contributed by atoms with Gasteiger partial charge in [-0.15, -0.1) is 11.3 Å². The number of nitrogens with one attached hydrogen (secondary N) is 1. The number of nitrogens with two attached hydrogens (primary N) is 1. The smallest absolute Gasteiger partial charge is 0.303 e. The molecule has 0 saturated heterocycles. The molecule has 7 nitrogen and oxygen atoms in total. The van der Waals surface area contributed by atoms with Crippen molar-refractivity contribution in [3.05, 3.63) is 52.9 Å². The second kappa shape index (κ2) is 8.24. The maximum absolute atomic E-state index is 12.3. The van der Waals surface area contributed by atoms with Crippen LogP contribution < -0.4 is 10.5 Å². The van der Waals surface area contributed by atoms with Crippen LogP contribution in [0, 0.1) is 0 Å². The molecule has 0 spiro atoms. The predicted octanol–water partition coefficient (Wildman–Crippen LogP) is 1.60. The standard InChI is InChI=1S/C16H18N2O5S2/c17-25(22,23)15-9-12(10-24-15)16(21)18-13(6-7-14(19)20)8-11-4-2-1-3-5-11/h1-5,9-10,13H,6-8H2,(H,18,21)(H,19,20)(H2,17,22,23). The molecule has 9 heteroatoms. The second-order valence-electron chi connectivity index (χ2n) is 5.49. The number of thiophene rings is 1. The van der Waals surface area contributed by atoms with E-state index in [9.17, 15) is 18.0 Å². The number of amides is 1. The highest BCUT2D eigenvalue weighted by atomic mass is 32.2. The summed E-state index contributed by atoms with van der Waals surface area (Å²) in [6, 6.07) is 10.2. The lowest BCUT2D eigenvalue weighted by atomic mass is 10.0. The minimum Gasteiger partial charge on any atom is -0.481 e. The van der Waals surface area contributed by atoms with Gasteiger partial charge in [-0.1, -0.05) is 30.3 Å². The number of hydrogen-bond donors (Lipinski definition) is 3. The summed E-state index contributed by atoms with van der Waals surface area (Å²) in [6.07, 6.45) is 0.665. The number of benzene rings is 1. The van der Waals surface area contributed by atoms with E-state index in [1.807, 2.05) is 30.3 Å². The van der Waals surface area contributed by atoms with Gasteiger partial charge >= 0.3 is 5.97 Å². The van der Waals surface area contributed by atoms with Crippen molar-refractivity contribution in [3.8, 4) is 0 Å². The zero-order chi connectivity index (χ0) is 18.4. The number of primary sulfonamides is 1. The summed E-state index contributed by atoms with van der Waals surface area (Å²) in [4.78, 5) is 23.2. The molecule has 25 heavy (non-hydrogen) atoms. The maximum atomic E-state index is 12.3. The molecule has 0 aliphatic rings. The average Bonchev–Trinajstić information content (AvgIpc) is 3.04. The van der Waals surface area contributed by atoms with Gasteiger partial charge in [0.05, 0.1) is 5.56 Å². The summed E-state index contributed by atoms with van der Waals surface area (Å²) in [5.74, 6) is -1.41. The fourth-order valence-electron chi connectivity index (χ4n) is 2.28. The lowest BCUT2D eigenvalue weighted by molar-refractivity contribution is -0.137. The normalized spacial score (nSPS) is 12.5. The van der Waals surface area contributed by atoms with E-state index in [1.165, 1.54) is 11.4 Å². The summed E-state index contributed by atoms with van der Waals surface area (Å²) >= 11 is 0.866. The first-order chi connectivity index (χ1) is 11.8. The van der Waals surface area contributed by atoms with E-state index in [0.717, 1.165) is 16.9 Å². The van der Waals surface area contributed by atoms with E-state index in [2.05, 4.69) is 5.32 Å². The van der Waals surface area contributed by atoms with Gasteiger partial charge in [-0.3, -0.25) is 9.59 Å². The van der Waals surface area contributed by atoms with Crippen molar-refractivity contribution in [2.24, 2.45) is 5.14 Å². The average molecular weight is 382 g/mol. The minimum atomic E-state index is -3.85. The maximum Gasteiger partial charge on any atom is 0.303 e. The Morgan fingerprint density at radius 2 is 1.92 bits per heavy atom. The molecule has 134 valence electrons. The fraction of sp³-hybridized carbons (Fsp3) is 0.250. The van der Waals surface area contributed by atoms with Gasteiger partial charge in [-0.05, 0) is 24.5 Å². The van der Waals surface area contributed by atoms with Crippen LogP contribution in [0.15, 0.2) is 46.0 Å². The molecule has 1 unspecified atom stereocenters. The second-order valence-corrected chi connectivity index (χ2v) is 8.19. The molecule has 0 saturated carbocycles. The Hall–Kier alpha value is -2.23. The van der Waals surface area contributed by atoms with Gasteiger partial charge in [0.25, 0.3) is 5.91 Å². The zero-order valence-corrected chi connectivity index (χ0v) is 14.8. The fourth-order valence-corrected chi connectivity index (χ4v) is 3.86. The van der Waals surface area contributed by atoms with E-state index in [0.29, 0.717) is 6.42 Å². The SMILES string of the molecule is NS(=O)(=O)c1cc(C(=O)NC(CCC(=O)O)Cc2ccccc2)cs1. The van der Waals surface area contributed by atoms with Crippen LogP contribution >= 0.6 is 11.3 Å². The minimum absolute atomic E-state index is 0.0795. The number of carboxylic acid groups (broad SMARTS) is 1. The molecular weight excluding hydrogens is 364 g/mol.